The minimum absolute atomic E-state index is 0.153. The van der Waals surface area contributed by atoms with E-state index in [2.05, 4.69) is 88.1 Å². The van der Waals surface area contributed by atoms with E-state index in [1.165, 1.54) is 24.8 Å². The van der Waals surface area contributed by atoms with Crippen LogP contribution in [0.25, 0.3) is 0 Å². The quantitative estimate of drug-likeness (QED) is 0.0898. The largest absolute Gasteiger partial charge is 0.493 e. The summed E-state index contributed by atoms with van der Waals surface area (Å²) in [7, 11) is -0.404. The van der Waals surface area contributed by atoms with Crippen molar-refractivity contribution in [2.45, 2.75) is 63.4 Å². The molecule has 46 heavy (non-hydrogen) atoms. The first-order valence-corrected chi connectivity index (χ1v) is 20.5. The smallest absolute Gasteiger partial charge is 0.409 e. The Bertz CT molecular complexity index is 1610. The molecule has 2 atom stereocenters. The summed E-state index contributed by atoms with van der Waals surface area (Å²) in [6, 6.07) is 14.6. The summed E-state index contributed by atoms with van der Waals surface area (Å²) in [6.45, 7) is 12.0. The standard InChI is InChI=1S/C17H24INO2SSi.C16H14INO5/c1-16(2,3)23(4,5)21-11-17-9-13(12-6-7-22-10-12)8-14(15(17)20)19(17)18;1-22-13-7-11(15(17)19)12(18-16(20)21)8-14(13)23-9-10-5-3-2-4-6-10/h6-8,10,13H,9,11H2,1-5H3;2-8,18H,9H2,1H3,(H,20,21). The van der Waals surface area contributed by atoms with Crippen LogP contribution in [-0.4, -0.2) is 51.5 Å². The van der Waals surface area contributed by atoms with Crippen LogP contribution in [0.3, 0.4) is 0 Å². The Labute approximate surface area is 302 Å². The van der Waals surface area contributed by atoms with E-state index in [4.69, 9.17) is 19.0 Å². The zero-order chi connectivity index (χ0) is 33.9. The highest BCUT2D eigenvalue weighted by molar-refractivity contribution is 14.1. The Morgan fingerprint density at radius 1 is 1.15 bits per heavy atom. The Hall–Kier alpha value is -2.47. The predicted molar refractivity (Wildman–Crippen MR) is 200 cm³/mol. The highest BCUT2D eigenvalue weighted by atomic mass is 127. The summed E-state index contributed by atoms with van der Waals surface area (Å²) < 4.78 is 19.2. The fourth-order valence-corrected chi connectivity index (χ4v) is 8.01. The first-order chi connectivity index (χ1) is 21.6. The second-order valence-electron chi connectivity index (χ2n) is 12.6. The first-order valence-electron chi connectivity index (χ1n) is 14.6. The molecule has 1 aromatic heterocycles. The number of amides is 1. The normalized spacial score (nSPS) is 18.9. The summed E-state index contributed by atoms with van der Waals surface area (Å²) in [6.07, 6.45) is 1.69. The van der Waals surface area contributed by atoms with Gasteiger partial charge in [-0.2, -0.15) is 11.3 Å². The van der Waals surface area contributed by atoms with E-state index in [0.29, 0.717) is 30.6 Å². The number of ketones is 1. The molecule has 246 valence electrons. The van der Waals surface area contributed by atoms with E-state index < -0.39 is 19.9 Å². The maximum absolute atomic E-state index is 12.7. The van der Waals surface area contributed by atoms with Gasteiger partial charge in [-0.05, 0) is 64.6 Å². The number of ether oxygens (including phenoxy) is 2. The van der Waals surface area contributed by atoms with Crippen LogP contribution in [0.2, 0.25) is 18.1 Å². The van der Waals surface area contributed by atoms with Gasteiger partial charge in [0.1, 0.15) is 12.1 Å². The van der Waals surface area contributed by atoms with Crippen molar-refractivity contribution in [1.82, 2.24) is 3.11 Å². The number of nitrogens with zero attached hydrogens (tertiary/aromatic N) is 1. The second-order valence-corrected chi connectivity index (χ2v) is 20.2. The Balaban J connectivity index is 0.000000209. The summed E-state index contributed by atoms with van der Waals surface area (Å²) in [5, 5.41) is 15.6. The molecule has 3 heterocycles. The van der Waals surface area contributed by atoms with Crippen LogP contribution in [0.15, 0.2) is 71.1 Å². The lowest BCUT2D eigenvalue weighted by Crippen LogP contribution is -2.68. The topological polar surface area (TPSA) is 114 Å². The molecule has 6 rings (SSSR count). The number of rotatable bonds is 10. The summed E-state index contributed by atoms with van der Waals surface area (Å²) >= 11 is 5.59. The van der Waals surface area contributed by atoms with Crippen molar-refractivity contribution in [2.24, 2.45) is 0 Å². The fraction of sp³-hybridized carbons (Fsp3) is 0.364. The number of carbonyl (C=O) groups is 3. The van der Waals surface area contributed by atoms with Gasteiger partial charge in [0.05, 0.1) is 53.5 Å². The molecule has 1 aliphatic carbocycles. The van der Waals surface area contributed by atoms with Crippen LogP contribution in [-0.2, 0) is 15.8 Å². The van der Waals surface area contributed by atoms with E-state index in [9.17, 15) is 14.4 Å². The van der Waals surface area contributed by atoms with Crippen LogP contribution in [0.5, 0.6) is 11.5 Å². The molecule has 1 amide bonds. The van der Waals surface area contributed by atoms with Crippen molar-refractivity contribution in [2.75, 3.05) is 19.0 Å². The number of carboxylic acid groups (broad SMARTS) is 1. The van der Waals surface area contributed by atoms with Crippen molar-refractivity contribution in [3.05, 3.63) is 87.8 Å². The molecule has 2 aliphatic heterocycles. The number of thiophene rings is 1. The van der Waals surface area contributed by atoms with Gasteiger partial charge >= 0.3 is 6.09 Å². The van der Waals surface area contributed by atoms with Crippen LogP contribution < -0.4 is 14.8 Å². The third-order valence-corrected chi connectivity index (χ3v) is 15.8. The molecule has 3 aromatic rings. The van der Waals surface area contributed by atoms with E-state index in [-0.39, 0.29) is 25.9 Å². The van der Waals surface area contributed by atoms with Crippen LogP contribution >= 0.6 is 56.8 Å². The average Bonchev–Trinajstić information content (AvgIpc) is 3.55. The fourth-order valence-electron chi connectivity index (χ4n) is 4.87. The van der Waals surface area contributed by atoms with Crippen molar-refractivity contribution >= 4 is 86.5 Å². The van der Waals surface area contributed by atoms with Crippen molar-refractivity contribution < 1.29 is 33.4 Å². The maximum atomic E-state index is 12.7. The molecule has 13 heteroatoms. The van der Waals surface area contributed by atoms with E-state index in [1.807, 2.05) is 30.3 Å². The van der Waals surface area contributed by atoms with Crippen LogP contribution in [0.1, 0.15) is 54.6 Å². The number of halogens is 2. The van der Waals surface area contributed by atoms with Crippen LogP contribution in [0, 0.1) is 0 Å². The van der Waals surface area contributed by atoms with Gasteiger partial charge < -0.3 is 19.0 Å². The van der Waals surface area contributed by atoms with Gasteiger partial charge in [0.2, 0.25) is 9.57 Å². The van der Waals surface area contributed by atoms with Crippen molar-refractivity contribution in [3.63, 3.8) is 0 Å². The maximum Gasteiger partial charge on any atom is 0.409 e. The molecule has 1 fully saturated rings. The van der Waals surface area contributed by atoms with E-state index >= 15 is 0 Å². The number of methoxy groups -OCH3 is 1. The number of hydrogen-bond donors (Lipinski definition) is 2. The molecule has 0 spiro atoms. The molecule has 0 saturated carbocycles. The lowest BCUT2D eigenvalue weighted by Gasteiger charge is -2.55. The molecule has 2 bridgehead atoms. The highest BCUT2D eigenvalue weighted by Crippen LogP contribution is 2.52. The molecule has 0 radical (unpaired) electrons. The molecular weight excluding hydrogens is 850 g/mol. The van der Waals surface area contributed by atoms with Gasteiger partial charge in [-0.15, -0.1) is 0 Å². The molecule has 3 aliphatic rings. The Morgan fingerprint density at radius 2 is 1.85 bits per heavy atom. The lowest BCUT2D eigenvalue weighted by molar-refractivity contribution is -0.136. The Kier molecular flexibility index (Phi) is 11.7. The number of nitrogens with one attached hydrogen (secondary N) is 1. The number of allylic oxidation sites excluding steroid dienone is 1. The Morgan fingerprint density at radius 3 is 2.39 bits per heavy atom. The van der Waals surface area contributed by atoms with Gasteiger partial charge in [0.15, 0.2) is 19.8 Å². The van der Waals surface area contributed by atoms with Gasteiger partial charge in [-0.3, -0.25) is 18.0 Å². The van der Waals surface area contributed by atoms with E-state index in [1.54, 1.807) is 33.9 Å². The number of hydrogen-bond acceptors (Lipinski definition) is 8. The molecule has 2 N–H and O–H groups in total. The molecule has 2 unspecified atom stereocenters. The zero-order valence-corrected chi connectivity index (χ0v) is 32.7. The average molecular weight is 889 g/mol. The SMILES string of the molecule is CC(C)(C)[Si](C)(C)OCC12CC(c3ccsc3)C=C(C1=O)N2I.COc1cc(C(=O)I)c(NC(=O)O)cc1OCc1ccccc1. The molecule has 9 nitrogen and oxygen atoms in total. The lowest BCUT2D eigenvalue weighted by atomic mass is 9.70. The number of anilines is 1. The first kappa shape index (κ1) is 36.4. The van der Waals surface area contributed by atoms with E-state index in [0.717, 1.165) is 17.7 Å². The zero-order valence-electron chi connectivity index (χ0n) is 26.6. The number of benzene rings is 2. The number of Topliss-reactive ketones (excluding diaryl/α,β-unsaturated/α-hetero) is 1. The van der Waals surface area contributed by atoms with Gasteiger partial charge in [-0.1, -0.05) is 51.1 Å². The van der Waals surface area contributed by atoms with Crippen molar-refractivity contribution in [1.29, 1.82) is 0 Å². The summed E-state index contributed by atoms with van der Waals surface area (Å²) in [5.41, 5.74) is 3.02. The minimum atomic E-state index is -1.86. The predicted octanol–water partition coefficient (Wildman–Crippen LogP) is 9.05. The van der Waals surface area contributed by atoms with Gasteiger partial charge in [-0.25, -0.2) is 4.79 Å². The number of carbonyl (C=O) groups excluding carboxylic acids is 2. The second kappa shape index (κ2) is 14.7. The molecular formula is C33H38I2N2O7SSi. The monoisotopic (exact) mass is 888 g/mol. The third-order valence-electron chi connectivity index (χ3n) is 8.60. The molecule has 2 aromatic carbocycles. The van der Waals surface area contributed by atoms with Gasteiger partial charge in [0, 0.05) is 34.6 Å². The molecule has 1 saturated heterocycles. The highest BCUT2D eigenvalue weighted by Gasteiger charge is 2.60. The van der Waals surface area contributed by atoms with Crippen LogP contribution in [0.4, 0.5) is 10.5 Å². The van der Waals surface area contributed by atoms with Crippen molar-refractivity contribution in [3.8, 4) is 11.5 Å². The van der Waals surface area contributed by atoms with Gasteiger partial charge in [0.25, 0.3) is 0 Å². The summed E-state index contributed by atoms with van der Waals surface area (Å²) in [4.78, 5) is 35.2. The third kappa shape index (κ3) is 7.97. The number of fused-ring (bicyclic) bond motifs is 2. The summed E-state index contributed by atoms with van der Waals surface area (Å²) in [5.74, 6) is 1.30. The minimum Gasteiger partial charge on any atom is -0.493 e.